The van der Waals surface area contributed by atoms with Crippen LogP contribution < -0.4 is 10.1 Å². The van der Waals surface area contributed by atoms with Gasteiger partial charge in [-0.1, -0.05) is 24.3 Å². The zero-order valence-corrected chi connectivity index (χ0v) is 16.3. The normalized spacial score (nSPS) is 12.3. The molecule has 0 aliphatic carbocycles. The number of amides is 1. The Hall–Kier alpha value is -2.73. The Kier molecular flexibility index (Phi) is 7.37. The number of nitrogens with zero attached hydrogens (tertiary/aromatic N) is 1. The molecule has 0 atom stereocenters. The molecule has 1 N–H and O–H groups in total. The van der Waals surface area contributed by atoms with Gasteiger partial charge in [-0.25, -0.2) is 8.42 Å². The van der Waals surface area contributed by atoms with Crippen molar-refractivity contribution in [3.63, 3.8) is 0 Å². The molecule has 0 heterocycles. The number of para-hydroxylation sites is 1. The highest BCUT2D eigenvalue weighted by atomic mass is 32.2. The van der Waals surface area contributed by atoms with E-state index < -0.39 is 32.8 Å². The minimum absolute atomic E-state index is 0.177. The molecule has 6 nitrogen and oxygen atoms in total. The Morgan fingerprint density at radius 1 is 1.10 bits per heavy atom. The average molecular weight is 452 g/mol. The van der Waals surface area contributed by atoms with E-state index in [2.05, 4.69) is 10.1 Å². The fourth-order valence-electron chi connectivity index (χ4n) is 2.51. The zero-order chi connectivity index (χ0) is 22.5. The van der Waals surface area contributed by atoms with Gasteiger partial charge in [-0.15, -0.1) is 13.2 Å². The molecule has 0 unspecified atom stereocenters. The molecule has 0 aliphatic heterocycles. The Morgan fingerprint density at radius 2 is 1.70 bits per heavy atom. The van der Waals surface area contributed by atoms with Crippen LogP contribution in [0.3, 0.4) is 0 Å². The lowest BCUT2D eigenvalue weighted by Crippen LogP contribution is -2.30. The number of anilines is 1. The summed E-state index contributed by atoms with van der Waals surface area (Å²) in [5.41, 5.74) is 0.311. The highest BCUT2D eigenvalue weighted by Gasteiger charge is 2.31. The molecule has 2 aromatic carbocycles. The number of benzene rings is 2. The average Bonchev–Trinajstić information content (AvgIpc) is 2.62. The summed E-state index contributed by atoms with van der Waals surface area (Å²) >= 11 is 0. The monoisotopic (exact) mass is 452 g/mol. The quantitative estimate of drug-likeness (QED) is 0.619. The van der Waals surface area contributed by atoms with E-state index in [1.165, 1.54) is 35.2 Å². The Labute approximate surface area is 169 Å². The van der Waals surface area contributed by atoms with Crippen molar-refractivity contribution in [3.05, 3.63) is 54.1 Å². The standard InChI is InChI=1S/C18H17F5N2O4S/c1-25(10-12-6-8-13(9-7-12)29-18(21,22)23)11-16(26)24-14-4-2-3-5-15(14)30(27,28)17(19)20/h2-9,17H,10-11H2,1H3,(H,24,26). The van der Waals surface area contributed by atoms with Crippen LogP contribution in [0.4, 0.5) is 27.6 Å². The lowest BCUT2D eigenvalue weighted by Gasteiger charge is -2.18. The van der Waals surface area contributed by atoms with E-state index in [1.54, 1.807) is 7.05 Å². The number of rotatable bonds is 8. The van der Waals surface area contributed by atoms with Gasteiger partial charge in [0.1, 0.15) is 5.75 Å². The first-order valence-electron chi connectivity index (χ1n) is 8.32. The van der Waals surface area contributed by atoms with Crippen molar-refractivity contribution in [2.75, 3.05) is 18.9 Å². The molecule has 2 rings (SSSR count). The maximum atomic E-state index is 12.8. The number of alkyl halides is 5. The van der Waals surface area contributed by atoms with Crippen molar-refractivity contribution < 1.29 is 39.9 Å². The van der Waals surface area contributed by atoms with Gasteiger partial charge in [0.15, 0.2) is 0 Å². The summed E-state index contributed by atoms with van der Waals surface area (Å²) in [6.45, 7) is -0.0550. The molecule has 0 fully saturated rings. The maximum absolute atomic E-state index is 12.8. The van der Waals surface area contributed by atoms with E-state index in [-0.39, 0.29) is 24.5 Å². The summed E-state index contributed by atoms with van der Waals surface area (Å²) in [6.07, 6.45) is -4.80. The lowest BCUT2D eigenvalue weighted by atomic mass is 10.2. The second kappa shape index (κ2) is 9.39. The van der Waals surface area contributed by atoms with Crippen LogP contribution in [-0.2, 0) is 21.2 Å². The van der Waals surface area contributed by atoms with Crippen molar-refractivity contribution in [1.29, 1.82) is 0 Å². The van der Waals surface area contributed by atoms with Crippen molar-refractivity contribution in [2.45, 2.75) is 23.6 Å². The number of nitrogens with one attached hydrogen (secondary N) is 1. The minimum atomic E-state index is -4.90. The molecule has 164 valence electrons. The van der Waals surface area contributed by atoms with E-state index in [1.807, 2.05) is 0 Å². The second-order valence-corrected chi connectivity index (χ2v) is 8.10. The summed E-state index contributed by atoms with van der Waals surface area (Å²) in [4.78, 5) is 13.0. The van der Waals surface area contributed by atoms with Crippen molar-refractivity contribution in [2.24, 2.45) is 0 Å². The van der Waals surface area contributed by atoms with Crippen LogP contribution in [0.5, 0.6) is 5.75 Å². The fraction of sp³-hybridized carbons (Fsp3) is 0.278. The molecular formula is C18H17F5N2O4S. The first-order valence-corrected chi connectivity index (χ1v) is 9.87. The molecule has 0 bridgehead atoms. The van der Waals surface area contributed by atoms with Crippen LogP contribution in [0.15, 0.2) is 53.4 Å². The summed E-state index contributed by atoms with van der Waals surface area (Å²) in [5, 5.41) is 2.28. The van der Waals surface area contributed by atoms with Gasteiger partial charge in [0.2, 0.25) is 15.7 Å². The van der Waals surface area contributed by atoms with Crippen molar-refractivity contribution >= 4 is 21.4 Å². The molecule has 0 saturated heterocycles. The number of hydrogen-bond acceptors (Lipinski definition) is 5. The van der Waals surface area contributed by atoms with Crippen LogP contribution in [0.1, 0.15) is 5.56 Å². The van der Waals surface area contributed by atoms with Gasteiger partial charge in [-0.05, 0) is 36.9 Å². The molecule has 0 radical (unpaired) electrons. The number of sulfone groups is 1. The Bertz CT molecular complexity index is 979. The predicted octanol–water partition coefficient (Wildman–Crippen LogP) is 3.65. The molecule has 30 heavy (non-hydrogen) atoms. The molecule has 0 spiro atoms. The smallest absolute Gasteiger partial charge is 0.406 e. The van der Waals surface area contributed by atoms with Crippen LogP contribution in [0.2, 0.25) is 0 Å². The van der Waals surface area contributed by atoms with E-state index in [4.69, 9.17) is 0 Å². The highest BCUT2D eigenvalue weighted by Crippen LogP contribution is 2.26. The number of ether oxygens (including phenoxy) is 1. The fourth-order valence-corrected chi connectivity index (χ4v) is 3.40. The van der Waals surface area contributed by atoms with E-state index >= 15 is 0 Å². The van der Waals surface area contributed by atoms with E-state index in [0.717, 1.165) is 18.2 Å². The molecule has 2 aromatic rings. The van der Waals surface area contributed by atoms with Gasteiger partial charge in [0.25, 0.3) is 0 Å². The van der Waals surface area contributed by atoms with E-state index in [0.29, 0.717) is 5.56 Å². The molecule has 0 aromatic heterocycles. The highest BCUT2D eigenvalue weighted by molar-refractivity contribution is 7.91. The third kappa shape index (κ3) is 6.66. The van der Waals surface area contributed by atoms with Crippen LogP contribution >= 0.6 is 0 Å². The minimum Gasteiger partial charge on any atom is -0.406 e. The number of carbonyl (C=O) groups excluding carboxylic acids is 1. The second-order valence-electron chi connectivity index (χ2n) is 6.21. The Morgan fingerprint density at radius 3 is 2.27 bits per heavy atom. The van der Waals surface area contributed by atoms with Crippen molar-refractivity contribution in [3.8, 4) is 5.75 Å². The number of likely N-dealkylation sites (N-methyl/N-ethyl adjacent to an activating group) is 1. The van der Waals surface area contributed by atoms with E-state index in [9.17, 15) is 35.2 Å². The Balaban J connectivity index is 1.99. The number of carbonyl (C=O) groups is 1. The zero-order valence-electron chi connectivity index (χ0n) is 15.5. The first-order chi connectivity index (χ1) is 13.9. The third-order valence-electron chi connectivity index (χ3n) is 3.73. The molecule has 12 heteroatoms. The van der Waals surface area contributed by atoms with Gasteiger partial charge in [-0.3, -0.25) is 9.69 Å². The summed E-state index contributed by atoms with van der Waals surface area (Å²) < 4.78 is 89.3. The summed E-state index contributed by atoms with van der Waals surface area (Å²) in [6, 6.07) is 9.82. The van der Waals surface area contributed by atoms with Crippen LogP contribution in [0.25, 0.3) is 0 Å². The topological polar surface area (TPSA) is 75.7 Å². The van der Waals surface area contributed by atoms with Gasteiger partial charge < -0.3 is 10.1 Å². The molecule has 0 aliphatic rings. The van der Waals surface area contributed by atoms with Gasteiger partial charge >= 0.3 is 12.1 Å². The molecular weight excluding hydrogens is 435 g/mol. The van der Waals surface area contributed by atoms with Gasteiger partial charge in [0.05, 0.1) is 17.1 Å². The van der Waals surface area contributed by atoms with Gasteiger partial charge in [-0.2, -0.15) is 8.78 Å². The number of hydrogen-bond donors (Lipinski definition) is 1. The molecule has 1 amide bonds. The molecule has 0 saturated carbocycles. The first kappa shape index (κ1) is 23.5. The summed E-state index contributed by atoms with van der Waals surface area (Å²) in [5.74, 6) is -4.68. The van der Waals surface area contributed by atoms with Crippen molar-refractivity contribution in [1.82, 2.24) is 4.90 Å². The maximum Gasteiger partial charge on any atom is 0.573 e. The summed E-state index contributed by atoms with van der Waals surface area (Å²) in [7, 11) is -3.36. The van der Waals surface area contributed by atoms with Crippen LogP contribution in [0, 0.1) is 0 Å². The SMILES string of the molecule is CN(CC(=O)Nc1ccccc1S(=O)(=O)C(F)F)Cc1ccc(OC(F)(F)F)cc1. The lowest BCUT2D eigenvalue weighted by molar-refractivity contribution is -0.274. The predicted molar refractivity (Wildman–Crippen MR) is 97.7 cm³/mol. The largest absolute Gasteiger partial charge is 0.573 e. The van der Waals surface area contributed by atoms with Crippen LogP contribution in [-0.4, -0.2) is 44.9 Å². The van der Waals surface area contributed by atoms with Gasteiger partial charge in [0, 0.05) is 6.54 Å². The third-order valence-corrected chi connectivity index (χ3v) is 5.16. The number of halogens is 5.